The van der Waals surface area contributed by atoms with Gasteiger partial charge in [-0.05, 0) is 54.2 Å². The van der Waals surface area contributed by atoms with E-state index in [9.17, 15) is 19.2 Å². The third-order valence-corrected chi connectivity index (χ3v) is 9.24. The Kier molecular flexibility index (Phi) is 11.6. The molecular formula is C37H34ClN5O9S. The monoisotopic (exact) mass is 759 g/mol. The van der Waals surface area contributed by atoms with Crippen LogP contribution < -0.4 is 0 Å². The van der Waals surface area contributed by atoms with E-state index in [1.54, 1.807) is 21.4 Å². The highest BCUT2D eigenvalue weighted by molar-refractivity contribution is 7.99. The van der Waals surface area contributed by atoms with Crippen LogP contribution in [0.15, 0.2) is 96.2 Å². The molecule has 0 radical (unpaired) electrons. The molecule has 1 aliphatic heterocycles. The first-order valence-electron chi connectivity index (χ1n) is 16.4. The smallest absolute Gasteiger partial charge is 0.303 e. The fourth-order valence-corrected chi connectivity index (χ4v) is 7.06. The van der Waals surface area contributed by atoms with Crippen LogP contribution in [0.25, 0.3) is 34.2 Å². The molecule has 0 amide bonds. The summed E-state index contributed by atoms with van der Waals surface area (Å²) in [5.41, 5.74) is 2.45. The van der Waals surface area contributed by atoms with Crippen LogP contribution in [0.4, 0.5) is 0 Å². The van der Waals surface area contributed by atoms with Crippen LogP contribution in [-0.4, -0.2) is 84.9 Å². The minimum atomic E-state index is -1.34. The van der Waals surface area contributed by atoms with E-state index in [4.69, 9.17) is 40.4 Å². The number of para-hydroxylation sites is 1. The Morgan fingerprint density at radius 1 is 0.736 bits per heavy atom. The number of halogens is 1. The summed E-state index contributed by atoms with van der Waals surface area (Å²) in [4.78, 5) is 48.9. The number of esters is 4. The van der Waals surface area contributed by atoms with Gasteiger partial charge in [0.05, 0.1) is 11.4 Å². The molecule has 0 bridgehead atoms. The molecule has 1 saturated heterocycles. The fraction of sp³-hybridized carbons (Fsp3) is 0.270. The maximum Gasteiger partial charge on any atom is 0.303 e. The van der Waals surface area contributed by atoms with Crippen molar-refractivity contribution in [3.05, 3.63) is 96.0 Å². The zero-order valence-corrected chi connectivity index (χ0v) is 30.5. The summed E-state index contributed by atoms with van der Waals surface area (Å²) < 4.78 is 32.0. The summed E-state index contributed by atoms with van der Waals surface area (Å²) in [6, 6.07) is 28.2. The molecule has 16 heteroatoms. The Morgan fingerprint density at radius 3 is 1.96 bits per heavy atom. The molecule has 1 aliphatic rings. The molecule has 5 aromatic rings. The number of carbonyl (C=O) groups is 4. The molecule has 2 aromatic heterocycles. The molecule has 0 N–H and O–H groups in total. The van der Waals surface area contributed by atoms with Crippen LogP contribution in [-0.2, 0) is 42.9 Å². The molecule has 3 heterocycles. The zero-order chi connectivity index (χ0) is 37.6. The van der Waals surface area contributed by atoms with Crippen LogP contribution in [0.5, 0.6) is 0 Å². The number of benzene rings is 3. The van der Waals surface area contributed by atoms with Crippen molar-refractivity contribution in [3.8, 4) is 34.2 Å². The van der Waals surface area contributed by atoms with E-state index < -0.39 is 53.7 Å². The van der Waals surface area contributed by atoms with Crippen molar-refractivity contribution in [2.75, 3.05) is 6.61 Å². The lowest BCUT2D eigenvalue weighted by Gasteiger charge is -2.43. The number of carbonyl (C=O) groups excluding carboxylic acids is 4. The maximum absolute atomic E-state index is 12.5. The van der Waals surface area contributed by atoms with E-state index in [1.807, 2.05) is 78.9 Å². The number of rotatable bonds is 11. The largest absolute Gasteiger partial charge is 0.463 e. The molecule has 274 valence electrons. The molecular weight excluding hydrogens is 726 g/mol. The maximum atomic E-state index is 12.5. The highest BCUT2D eigenvalue weighted by Gasteiger charge is 2.53. The molecule has 0 aliphatic carbocycles. The van der Waals surface area contributed by atoms with E-state index >= 15 is 0 Å². The summed E-state index contributed by atoms with van der Waals surface area (Å²) in [5, 5.41) is 15.0. The number of thioether (sulfide) groups is 1. The molecule has 0 spiro atoms. The predicted octanol–water partition coefficient (Wildman–Crippen LogP) is 5.62. The van der Waals surface area contributed by atoms with Crippen molar-refractivity contribution in [2.24, 2.45) is 0 Å². The van der Waals surface area contributed by atoms with E-state index in [1.165, 1.54) is 20.8 Å². The van der Waals surface area contributed by atoms with Gasteiger partial charge in [-0.15, -0.1) is 10.2 Å². The van der Waals surface area contributed by atoms with Crippen LogP contribution in [0.1, 0.15) is 27.7 Å². The second kappa shape index (κ2) is 16.4. The number of ether oxygens (including phenoxy) is 5. The highest BCUT2D eigenvalue weighted by atomic mass is 35.5. The van der Waals surface area contributed by atoms with Crippen molar-refractivity contribution in [3.63, 3.8) is 0 Å². The summed E-state index contributed by atoms with van der Waals surface area (Å²) in [7, 11) is 0. The van der Waals surface area contributed by atoms with Gasteiger partial charge in [-0.3, -0.25) is 23.7 Å². The Labute approximate surface area is 313 Å². The van der Waals surface area contributed by atoms with Gasteiger partial charge in [-0.1, -0.05) is 60.1 Å². The molecule has 5 atom stereocenters. The Morgan fingerprint density at radius 2 is 1.34 bits per heavy atom. The average molecular weight is 760 g/mol. The number of hydrogen-bond acceptors (Lipinski definition) is 13. The molecule has 0 saturated carbocycles. The van der Waals surface area contributed by atoms with Gasteiger partial charge in [-0.25, -0.2) is 4.68 Å². The Bertz CT molecular complexity index is 2090. The predicted molar refractivity (Wildman–Crippen MR) is 192 cm³/mol. The first kappa shape index (κ1) is 37.3. The van der Waals surface area contributed by atoms with Crippen LogP contribution in [0.2, 0.25) is 5.02 Å². The molecule has 53 heavy (non-hydrogen) atoms. The lowest BCUT2D eigenvalue weighted by Crippen LogP contribution is -2.61. The van der Waals surface area contributed by atoms with Crippen molar-refractivity contribution in [1.82, 2.24) is 24.5 Å². The van der Waals surface area contributed by atoms with E-state index in [0.717, 1.165) is 35.6 Å². The summed E-state index contributed by atoms with van der Waals surface area (Å²) in [6.07, 6.45) is -5.08. The van der Waals surface area contributed by atoms with Crippen molar-refractivity contribution in [2.45, 2.75) is 62.7 Å². The van der Waals surface area contributed by atoms with E-state index in [0.29, 0.717) is 22.2 Å². The van der Waals surface area contributed by atoms with Gasteiger partial charge in [0.25, 0.3) is 0 Å². The van der Waals surface area contributed by atoms with Gasteiger partial charge in [0.15, 0.2) is 34.7 Å². The molecule has 0 unspecified atom stereocenters. The zero-order valence-electron chi connectivity index (χ0n) is 29.0. The van der Waals surface area contributed by atoms with Gasteiger partial charge in [-0.2, -0.15) is 5.10 Å². The SMILES string of the molecule is CC(=O)OC[C@H]1O[C@@H](Sc2nnc(-c3cc(-c4ccccc4)n(-c4ccc(Cl)cc4)n3)n2-c2ccccc2)[C@H](OC(C)=O)[C@@H](OC(C)=O)[C@@H]1OC(C)=O. The van der Waals surface area contributed by atoms with Gasteiger partial charge in [0, 0.05) is 44.0 Å². The third-order valence-electron chi connectivity index (χ3n) is 7.90. The van der Waals surface area contributed by atoms with Gasteiger partial charge >= 0.3 is 23.9 Å². The van der Waals surface area contributed by atoms with Crippen LogP contribution >= 0.6 is 23.4 Å². The Hall–Kier alpha value is -5.51. The standard InChI is InChI=1S/C37H34ClN5O9S/c1-21(44)48-20-31-32(49-22(2)45)33(50-23(3)46)34(51-24(4)47)36(52-31)53-37-40-39-35(42(37)27-13-9-6-10-14-27)29-19-30(25-11-7-5-8-12-25)43(41-29)28-17-15-26(38)16-18-28/h5-19,31-34,36H,20H2,1-4H3/t31-,32-,33+,34-,36+/m1/s1. The minimum absolute atomic E-state index is 0.286. The summed E-state index contributed by atoms with van der Waals surface area (Å²) >= 11 is 7.23. The summed E-state index contributed by atoms with van der Waals surface area (Å²) in [5.74, 6) is -2.42. The molecule has 3 aromatic carbocycles. The van der Waals surface area contributed by atoms with Crippen molar-refractivity contribution >= 4 is 47.2 Å². The van der Waals surface area contributed by atoms with Crippen LogP contribution in [0, 0.1) is 0 Å². The van der Waals surface area contributed by atoms with Crippen molar-refractivity contribution in [1.29, 1.82) is 0 Å². The number of hydrogen-bond donors (Lipinski definition) is 0. The minimum Gasteiger partial charge on any atom is -0.463 e. The normalized spacial score (nSPS) is 19.6. The van der Waals surface area contributed by atoms with Gasteiger partial charge in [0.2, 0.25) is 0 Å². The lowest BCUT2D eigenvalue weighted by molar-refractivity contribution is -0.237. The van der Waals surface area contributed by atoms with Crippen molar-refractivity contribution < 1.29 is 42.9 Å². The first-order valence-corrected chi connectivity index (χ1v) is 17.6. The molecule has 1 fully saturated rings. The van der Waals surface area contributed by atoms with E-state index in [-0.39, 0.29) is 11.8 Å². The fourth-order valence-electron chi connectivity index (χ4n) is 5.79. The lowest BCUT2D eigenvalue weighted by atomic mass is 9.99. The highest BCUT2D eigenvalue weighted by Crippen LogP contribution is 2.39. The average Bonchev–Trinajstić information content (AvgIpc) is 3.75. The number of aromatic nitrogens is 5. The number of nitrogens with zero attached hydrogens (tertiary/aromatic N) is 5. The third kappa shape index (κ3) is 8.76. The van der Waals surface area contributed by atoms with E-state index in [2.05, 4.69) is 10.2 Å². The Balaban J connectivity index is 1.47. The topological polar surface area (TPSA) is 163 Å². The quantitative estimate of drug-likeness (QED) is 0.121. The van der Waals surface area contributed by atoms with Gasteiger partial charge in [0.1, 0.15) is 18.4 Å². The first-order chi connectivity index (χ1) is 25.5. The second-order valence-electron chi connectivity index (χ2n) is 11.8. The second-order valence-corrected chi connectivity index (χ2v) is 13.3. The molecule has 14 nitrogen and oxygen atoms in total. The van der Waals surface area contributed by atoms with Crippen LogP contribution in [0.3, 0.4) is 0 Å². The van der Waals surface area contributed by atoms with Gasteiger partial charge < -0.3 is 23.7 Å². The molecule has 6 rings (SSSR count). The summed E-state index contributed by atoms with van der Waals surface area (Å²) in [6.45, 7) is 4.36.